The molecule has 0 saturated heterocycles. The van der Waals surface area contributed by atoms with Crippen molar-refractivity contribution in [1.29, 1.82) is 0 Å². The third-order valence-corrected chi connectivity index (χ3v) is 5.90. The third-order valence-electron chi connectivity index (χ3n) is 3.40. The second kappa shape index (κ2) is 7.67. The molecule has 0 bridgehead atoms. The molecule has 1 aliphatic rings. The summed E-state index contributed by atoms with van der Waals surface area (Å²) in [5, 5.41) is 4.18. The van der Waals surface area contributed by atoms with Gasteiger partial charge in [-0.05, 0) is 48.8 Å². The third kappa shape index (κ3) is 4.21. The summed E-state index contributed by atoms with van der Waals surface area (Å²) >= 11 is 4.39. The van der Waals surface area contributed by atoms with Crippen LogP contribution in [0, 0.1) is 3.57 Å². The highest BCUT2D eigenvalue weighted by Gasteiger charge is 2.17. The number of thioether (sulfide) groups is 1. The van der Waals surface area contributed by atoms with Crippen molar-refractivity contribution in [2.45, 2.75) is 57.0 Å². The molecule has 0 atom stereocenters. The fraction of sp³-hybridized carbons (Fsp3) is 0.714. The van der Waals surface area contributed by atoms with Gasteiger partial charge in [-0.15, -0.1) is 0 Å². The van der Waals surface area contributed by atoms with Gasteiger partial charge in [-0.25, -0.2) is 9.97 Å². The Kier molecular flexibility index (Phi) is 6.19. The number of hydrogen-bond donors (Lipinski definition) is 1. The molecule has 2 rings (SSSR count). The van der Waals surface area contributed by atoms with Crippen LogP contribution in [0.5, 0.6) is 0 Å². The lowest BCUT2D eigenvalue weighted by molar-refractivity contribution is 0.886. The van der Waals surface area contributed by atoms with Gasteiger partial charge in [-0.1, -0.05) is 19.8 Å². The van der Waals surface area contributed by atoms with Crippen LogP contribution in [0.1, 0.15) is 51.0 Å². The fourth-order valence-corrected chi connectivity index (χ4v) is 4.37. The molecule has 0 unspecified atom stereocenters. The lowest BCUT2D eigenvalue weighted by Gasteiger charge is -2.12. The van der Waals surface area contributed by atoms with Crippen LogP contribution in [-0.4, -0.2) is 21.8 Å². The van der Waals surface area contributed by atoms with Gasteiger partial charge < -0.3 is 5.32 Å². The molecule has 0 radical (unpaired) electrons. The number of halogens is 1. The van der Waals surface area contributed by atoms with Gasteiger partial charge in [0.1, 0.15) is 11.6 Å². The minimum Gasteiger partial charge on any atom is -0.369 e. The zero-order valence-electron chi connectivity index (χ0n) is 11.7. The molecule has 1 N–H and O–H groups in total. The number of aromatic nitrogens is 2. The Morgan fingerprint density at radius 2 is 2.00 bits per heavy atom. The highest BCUT2D eigenvalue weighted by molar-refractivity contribution is 14.1. The van der Waals surface area contributed by atoms with Crippen LogP contribution in [0.3, 0.4) is 0 Å². The summed E-state index contributed by atoms with van der Waals surface area (Å²) in [7, 11) is 0. The van der Waals surface area contributed by atoms with E-state index in [2.05, 4.69) is 46.7 Å². The SMILES string of the molecule is CCNc1nc(CSC2CCCC2)nc(CC)c1I. The van der Waals surface area contributed by atoms with Crippen LogP contribution in [0.2, 0.25) is 0 Å². The molecular weight excluding hydrogens is 369 g/mol. The van der Waals surface area contributed by atoms with Crippen molar-refractivity contribution in [3.8, 4) is 0 Å². The second-order valence-corrected chi connectivity index (χ2v) is 7.22. The molecule has 0 spiro atoms. The van der Waals surface area contributed by atoms with Crippen molar-refractivity contribution >= 4 is 40.2 Å². The molecule has 1 heterocycles. The fourth-order valence-electron chi connectivity index (χ4n) is 2.38. The zero-order chi connectivity index (χ0) is 13.7. The van der Waals surface area contributed by atoms with E-state index in [0.717, 1.165) is 35.6 Å². The number of nitrogens with zero attached hydrogens (tertiary/aromatic N) is 2. The molecule has 1 fully saturated rings. The lowest BCUT2D eigenvalue weighted by atomic mass is 10.3. The molecule has 1 aromatic rings. The van der Waals surface area contributed by atoms with Crippen molar-refractivity contribution in [2.24, 2.45) is 0 Å². The van der Waals surface area contributed by atoms with E-state index in [0.29, 0.717) is 0 Å². The van der Waals surface area contributed by atoms with Crippen LogP contribution in [0.4, 0.5) is 5.82 Å². The van der Waals surface area contributed by atoms with Gasteiger partial charge in [0.25, 0.3) is 0 Å². The monoisotopic (exact) mass is 391 g/mol. The first-order valence-corrected chi connectivity index (χ1v) is 9.28. The Morgan fingerprint density at radius 3 is 2.63 bits per heavy atom. The molecule has 0 amide bonds. The molecular formula is C14H22IN3S. The van der Waals surface area contributed by atoms with Crippen molar-refractivity contribution in [2.75, 3.05) is 11.9 Å². The number of hydrogen-bond acceptors (Lipinski definition) is 4. The van der Waals surface area contributed by atoms with E-state index in [9.17, 15) is 0 Å². The lowest BCUT2D eigenvalue weighted by Crippen LogP contribution is -2.09. The summed E-state index contributed by atoms with van der Waals surface area (Å²) in [6.45, 7) is 5.18. The van der Waals surface area contributed by atoms with E-state index >= 15 is 0 Å². The smallest absolute Gasteiger partial charge is 0.143 e. The molecule has 0 aliphatic heterocycles. The first-order valence-electron chi connectivity index (χ1n) is 7.15. The molecule has 106 valence electrons. The molecule has 0 aromatic carbocycles. The van der Waals surface area contributed by atoms with E-state index < -0.39 is 0 Å². The van der Waals surface area contributed by atoms with Crippen LogP contribution < -0.4 is 5.32 Å². The number of anilines is 1. The number of rotatable bonds is 6. The summed E-state index contributed by atoms with van der Waals surface area (Å²) in [6, 6.07) is 0. The van der Waals surface area contributed by atoms with Gasteiger partial charge in [0.15, 0.2) is 0 Å². The zero-order valence-corrected chi connectivity index (χ0v) is 14.7. The summed E-state index contributed by atoms with van der Waals surface area (Å²) in [6.07, 6.45) is 6.51. The summed E-state index contributed by atoms with van der Waals surface area (Å²) in [5.74, 6) is 2.95. The standard InChI is InChI=1S/C14H22IN3S/c1-3-11-13(15)14(16-4-2)18-12(17-11)9-19-10-7-5-6-8-10/h10H,3-9H2,1-2H3,(H,16,17,18). The Balaban J connectivity index is 2.07. The van der Waals surface area contributed by atoms with Crippen molar-refractivity contribution in [3.05, 3.63) is 15.1 Å². The van der Waals surface area contributed by atoms with E-state index in [1.165, 1.54) is 34.9 Å². The highest BCUT2D eigenvalue weighted by atomic mass is 127. The van der Waals surface area contributed by atoms with Gasteiger partial charge in [0.2, 0.25) is 0 Å². The normalized spacial score (nSPS) is 15.9. The van der Waals surface area contributed by atoms with Gasteiger partial charge in [0, 0.05) is 11.8 Å². The largest absolute Gasteiger partial charge is 0.369 e. The second-order valence-electron chi connectivity index (χ2n) is 4.85. The molecule has 3 nitrogen and oxygen atoms in total. The average Bonchev–Trinajstić information content (AvgIpc) is 2.93. The van der Waals surface area contributed by atoms with Gasteiger partial charge in [-0.3, -0.25) is 0 Å². The summed E-state index contributed by atoms with van der Waals surface area (Å²) < 4.78 is 1.18. The highest BCUT2D eigenvalue weighted by Crippen LogP contribution is 2.31. The summed E-state index contributed by atoms with van der Waals surface area (Å²) in [4.78, 5) is 9.40. The van der Waals surface area contributed by atoms with Crippen LogP contribution in [0.25, 0.3) is 0 Å². The van der Waals surface area contributed by atoms with Gasteiger partial charge in [-0.2, -0.15) is 11.8 Å². The minimum absolute atomic E-state index is 0.829. The maximum absolute atomic E-state index is 4.72. The Hall–Kier alpha value is -0.0400. The van der Waals surface area contributed by atoms with E-state index in [1.807, 2.05) is 11.8 Å². The first-order chi connectivity index (χ1) is 9.24. The van der Waals surface area contributed by atoms with Crippen LogP contribution in [0.15, 0.2) is 0 Å². The molecule has 1 aliphatic carbocycles. The minimum atomic E-state index is 0.829. The predicted molar refractivity (Wildman–Crippen MR) is 91.8 cm³/mol. The maximum Gasteiger partial charge on any atom is 0.143 e. The Bertz CT molecular complexity index is 419. The molecule has 5 heteroatoms. The first kappa shape index (κ1) is 15.4. The van der Waals surface area contributed by atoms with Crippen molar-refractivity contribution in [3.63, 3.8) is 0 Å². The van der Waals surface area contributed by atoms with Crippen molar-refractivity contribution < 1.29 is 0 Å². The number of aryl methyl sites for hydroxylation is 1. The van der Waals surface area contributed by atoms with E-state index in [4.69, 9.17) is 4.98 Å². The topological polar surface area (TPSA) is 37.8 Å². The van der Waals surface area contributed by atoms with Crippen LogP contribution >= 0.6 is 34.4 Å². The van der Waals surface area contributed by atoms with Crippen LogP contribution in [-0.2, 0) is 12.2 Å². The average molecular weight is 391 g/mol. The number of nitrogens with one attached hydrogen (secondary N) is 1. The quantitative estimate of drug-likeness (QED) is 0.736. The molecule has 19 heavy (non-hydrogen) atoms. The van der Waals surface area contributed by atoms with E-state index in [1.54, 1.807) is 0 Å². The van der Waals surface area contributed by atoms with Gasteiger partial charge >= 0.3 is 0 Å². The van der Waals surface area contributed by atoms with Gasteiger partial charge in [0.05, 0.1) is 15.0 Å². The predicted octanol–water partition coefficient (Wildman–Crippen LogP) is 4.25. The van der Waals surface area contributed by atoms with E-state index in [-0.39, 0.29) is 0 Å². The molecule has 1 aromatic heterocycles. The summed E-state index contributed by atoms with van der Waals surface area (Å²) in [5.41, 5.74) is 1.17. The van der Waals surface area contributed by atoms with Crippen molar-refractivity contribution in [1.82, 2.24) is 9.97 Å². The Morgan fingerprint density at radius 1 is 1.26 bits per heavy atom. The maximum atomic E-state index is 4.72. The molecule has 1 saturated carbocycles. The Labute approximate surface area is 133 Å².